The molecule has 4 heterocycles. The summed E-state index contributed by atoms with van der Waals surface area (Å²) in [5, 5.41) is 0. The van der Waals surface area contributed by atoms with Gasteiger partial charge in [-0.05, 0) is 106 Å². The largest absolute Gasteiger partial charge is 0.444 e. The third kappa shape index (κ3) is 6.60. The van der Waals surface area contributed by atoms with Gasteiger partial charge in [0.05, 0.1) is 5.54 Å². The molecule has 8 heteroatoms. The lowest BCUT2D eigenvalue weighted by molar-refractivity contribution is -0.0968. The van der Waals surface area contributed by atoms with Crippen LogP contribution in [0.3, 0.4) is 0 Å². The standard InChI is InChI=1S/C30H54N4O4/c1-23(2)32-19-29(20-32)14-17-31(18-15-29)25(35)38-28(7,8)13-11-24(3)33-21-30(22-33)12-9-10-16-34(30)26(36)37-27(4,5)6/h23-24H,9-22H2,1-8H3. The van der Waals surface area contributed by atoms with Gasteiger partial charge >= 0.3 is 12.2 Å². The number of carbonyl (C=O) groups excluding carboxylic acids is 2. The number of piperidine rings is 2. The highest BCUT2D eigenvalue weighted by atomic mass is 16.6. The predicted octanol–water partition coefficient (Wildman–Crippen LogP) is 5.35. The molecule has 2 amide bonds. The number of hydrogen-bond acceptors (Lipinski definition) is 6. The Morgan fingerprint density at radius 3 is 2.00 bits per heavy atom. The van der Waals surface area contributed by atoms with Gasteiger partial charge in [0.2, 0.25) is 0 Å². The van der Waals surface area contributed by atoms with Crippen molar-refractivity contribution in [3.63, 3.8) is 0 Å². The fourth-order valence-electron chi connectivity index (χ4n) is 6.80. The maximum atomic E-state index is 13.0. The van der Waals surface area contributed by atoms with Crippen molar-refractivity contribution >= 4 is 12.2 Å². The number of amides is 2. The van der Waals surface area contributed by atoms with Crippen molar-refractivity contribution in [2.75, 3.05) is 45.8 Å². The Bertz CT molecular complexity index is 845. The minimum Gasteiger partial charge on any atom is -0.444 e. The maximum Gasteiger partial charge on any atom is 0.410 e. The Morgan fingerprint density at radius 1 is 0.789 bits per heavy atom. The molecule has 38 heavy (non-hydrogen) atoms. The average molecular weight is 535 g/mol. The van der Waals surface area contributed by atoms with E-state index in [2.05, 4.69) is 30.6 Å². The zero-order valence-electron chi connectivity index (χ0n) is 25.5. The summed E-state index contributed by atoms with van der Waals surface area (Å²) in [7, 11) is 0. The van der Waals surface area contributed by atoms with Crippen LogP contribution < -0.4 is 0 Å². The average Bonchev–Trinajstić information content (AvgIpc) is 2.78. The van der Waals surface area contributed by atoms with Crippen LogP contribution in [0.25, 0.3) is 0 Å². The number of rotatable bonds is 6. The van der Waals surface area contributed by atoms with Gasteiger partial charge in [0.1, 0.15) is 11.2 Å². The van der Waals surface area contributed by atoms with Gasteiger partial charge in [0.15, 0.2) is 0 Å². The van der Waals surface area contributed by atoms with Crippen molar-refractivity contribution in [2.45, 2.75) is 129 Å². The third-order valence-corrected chi connectivity index (χ3v) is 9.50. The maximum absolute atomic E-state index is 13.0. The number of ether oxygens (including phenoxy) is 2. The highest BCUT2D eigenvalue weighted by Crippen LogP contribution is 2.42. The van der Waals surface area contributed by atoms with Crippen molar-refractivity contribution in [1.29, 1.82) is 0 Å². The van der Waals surface area contributed by atoms with E-state index < -0.39 is 11.2 Å². The summed E-state index contributed by atoms with van der Waals surface area (Å²) >= 11 is 0. The van der Waals surface area contributed by atoms with Crippen LogP contribution in [0.15, 0.2) is 0 Å². The van der Waals surface area contributed by atoms with E-state index in [1.54, 1.807) is 0 Å². The SMILES string of the molecule is CC(C)N1CC2(CCN(C(=O)OC(C)(C)CCC(C)N3CC4(CCCCN4C(=O)OC(C)(C)C)C3)CC2)C1. The van der Waals surface area contributed by atoms with Crippen LogP contribution in [0.1, 0.15) is 100 Å². The molecule has 2 spiro atoms. The molecular formula is C30H54N4O4. The minimum atomic E-state index is -0.499. The molecule has 1 unspecified atom stereocenters. The molecule has 0 bridgehead atoms. The van der Waals surface area contributed by atoms with Crippen molar-refractivity contribution in [2.24, 2.45) is 5.41 Å². The van der Waals surface area contributed by atoms with E-state index >= 15 is 0 Å². The van der Waals surface area contributed by atoms with Crippen molar-refractivity contribution in [3.05, 3.63) is 0 Å². The zero-order chi connectivity index (χ0) is 27.9. The van der Waals surface area contributed by atoms with Crippen molar-refractivity contribution < 1.29 is 19.1 Å². The summed E-state index contributed by atoms with van der Waals surface area (Å²) in [6.45, 7) is 23.2. The molecule has 0 radical (unpaired) electrons. The van der Waals surface area contributed by atoms with E-state index in [1.807, 2.05) is 44.4 Å². The van der Waals surface area contributed by atoms with Gasteiger partial charge in [-0.25, -0.2) is 9.59 Å². The van der Waals surface area contributed by atoms with Crippen LogP contribution in [0.2, 0.25) is 0 Å². The van der Waals surface area contributed by atoms with Gasteiger partial charge in [-0.2, -0.15) is 0 Å². The summed E-state index contributed by atoms with van der Waals surface area (Å²) in [5.74, 6) is 0. The van der Waals surface area contributed by atoms with E-state index in [9.17, 15) is 9.59 Å². The van der Waals surface area contributed by atoms with Crippen LogP contribution in [-0.4, -0.2) is 106 Å². The van der Waals surface area contributed by atoms with Gasteiger partial charge in [-0.1, -0.05) is 0 Å². The summed E-state index contributed by atoms with van der Waals surface area (Å²) in [4.78, 5) is 34.8. The summed E-state index contributed by atoms with van der Waals surface area (Å²) in [6.07, 6.45) is 6.87. The molecule has 0 aromatic carbocycles. The smallest absolute Gasteiger partial charge is 0.410 e. The quantitative estimate of drug-likeness (QED) is 0.458. The molecule has 0 N–H and O–H groups in total. The summed E-state index contributed by atoms with van der Waals surface area (Å²) in [6, 6.07) is 0.985. The molecule has 1 atom stereocenters. The molecule has 0 aromatic heterocycles. The van der Waals surface area contributed by atoms with Crippen molar-refractivity contribution in [1.82, 2.24) is 19.6 Å². The molecule has 4 aliphatic heterocycles. The van der Waals surface area contributed by atoms with Gasteiger partial charge < -0.3 is 14.4 Å². The van der Waals surface area contributed by atoms with Crippen LogP contribution >= 0.6 is 0 Å². The van der Waals surface area contributed by atoms with Gasteiger partial charge in [-0.15, -0.1) is 0 Å². The second kappa shape index (κ2) is 10.8. The number of carbonyl (C=O) groups is 2. The fraction of sp³-hybridized carbons (Fsp3) is 0.933. The normalized spacial score (nSPS) is 24.8. The van der Waals surface area contributed by atoms with Gasteiger partial charge in [-0.3, -0.25) is 14.7 Å². The molecule has 4 rings (SSSR count). The second-order valence-electron chi connectivity index (χ2n) is 14.7. The molecular weight excluding hydrogens is 480 g/mol. The fourth-order valence-corrected chi connectivity index (χ4v) is 6.80. The summed E-state index contributed by atoms with van der Waals surface area (Å²) in [5.41, 5.74) is -0.647. The zero-order valence-corrected chi connectivity index (χ0v) is 25.5. The van der Waals surface area contributed by atoms with E-state index in [-0.39, 0.29) is 17.7 Å². The Hall–Kier alpha value is -1.54. The first kappa shape index (κ1) is 29.4. The Balaban J connectivity index is 1.20. The highest BCUT2D eigenvalue weighted by Gasteiger charge is 2.52. The Kier molecular flexibility index (Phi) is 8.36. The molecule has 0 aromatic rings. The highest BCUT2D eigenvalue weighted by molar-refractivity contribution is 5.70. The topological polar surface area (TPSA) is 65.6 Å². The lowest BCUT2D eigenvalue weighted by atomic mass is 9.71. The first-order chi connectivity index (χ1) is 17.6. The van der Waals surface area contributed by atoms with E-state index in [4.69, 9.17) is 9.47 Å². The number of hydrogen-bond donors (Lipinski definition) is 0. The predicted molar refractivity (Wildman–Crippen MR) is 150 cm³/mol. The first-order valence-electron chi connectivity index (χ1n) is 15.1. The van der Waals surface area contributed by atoms with Crippen molar-refractivity contribution in [3.8, 4) is 0 Å². The van der Waals surface area contributed by atoms with Crippen LogP contribution in [-0.2, 0) is 9.47 Å². The van der Waals surface area contributed by atoms with Gasteiger partial charge in [0.25, 0.3) is 0 Å². The molecule has 0 aliphatic carbocycles. The minimum absolute atomic E-state index is 0.0882. The second-order valence-corrected chi connectivity index (χ2v) is 14.7. The Morgan fingerprint density at radius 2 is 1.42 bits per heavy atom. The van der Waals surface area contributed by atoms with Crippen LogP contribution in [0, 0.1) is 5.41 Å². The van der Waals surface area contributed by atoms with Crippen LogP contribution in [0.4, 0.5) is 9.59 Å². The monoisotopic (exact) mass is 534 g/mol. The molecule has 8 nitrogen and oxygen atoms in total. The molecule has 4 fully saturated rings. The van der Waals surface area contributed by atoms with Crippen LogP contribution in [0.5, 0.6) is 0 Å². The number of likely N-dealkylation sites (tertiary alicyclic amines) is 4. The lowest BCUT2D eigenvalue weighted by Gasteiger charge is -2.59. The molecule has 4 aliphatic rings. The molecule has 4 saturated heterocycles. The van der Waals surface area contributed by atoms with E-state index in [0.717, 1.165) is 77.7 Å². The Labute approximate surface area is 231 Å². The number of nitrogens with zero attached hydrogens (tertiary/aromatic N) is 4. The first-order valence-corrected chi connectivity index (χ1v) is 15.1. The molecule has 0 saturated carbocycles. The van der Waals surface area contributed by atoms with E-state index in [0.29, 0.717) is 17.5 Å². The molecule has 218 valence electrons. The third-order valence-electron chi connectivity index (χ3n) is 9.50. The lowest BCUT2D eigenvalue weighted by Crippen LogP contribution is -2.74. The van der Waals surface area contributed by atoms with Gasteiger partial charge in [0, 0.05) is 57.9 Å². The van der Waals surface area contributed by atoms with E-state index in [1.165, 1.54) is 13.1 Å². The summed E-state index contributed by atoms with van der Waals surface area (Å²) < 4.78 is 11.8.